The Morgan fingerprint density at radius 2 is 2.05 bits per heavy atom. The van der Waals surface area contributed by atoms with E-state index in [1.165, 1.54) is 26.2 Å². The molecule has 1 saturated heterocycles. The third-order valence-electron chi connectivity index (χ3n) is 4.01. The molecule has 0 aromatic heterocycles. The Morgan fingerprint density at radius 3 is 2.70 bits per heavy atom. The number of carbonyl (C=O) groups excluding carboxylic acids is 2. The van der Waals surface area contributed by atoms with Crippen LogP contribution in [0.5, 0.6) is 0 Å². The SMILES string of the molecule is CCCCCCCC1(C)OCC(=O)CCC1OC(C)=O. The Bertz CT molecular complexity index is 326. The molecular weight excluding hydrogens is 256 g/mol. The predicted molar refractivity (Wildman–Crippen MR) is 77.5 cm³/mol. The third-order valence-corrected chi connectivity index (χ3v) is 4.01. The van der Waals surface area contributed by atoms with E-state index in [9.17, 15) is 9.59 Å². The van der Waals surface area contributed by atoms with Crippen molar-refractivity contribution < 1.29 is 19.1 Å². The second-order valence-electron chi connectivity index (χ2n) is 5.94. The van der Waals surface area contributed by atoms with Gasteiger partial charge in [0, 0.05) is 13.3 Å². The maximum atomic E-state index is 11.6. The highest BCUT2D eigenvalue weighted by Crippen LogP contribution is 2.31. The maximum Gasteiger partial charge on any atom is 0.303 e. The Labute approximate surface area is 122 Å². The minimum absolute atomic E-state index is 0.0943. The van der Waals surface area contributed by atoms with Crippen LogP contribution in [0.25, 0.3) is 0 Å². The molecule has 0 amide bonds. The first-order valence-electron chi connectivity index (χ1n) is 7.81. The first-order chi connectivity index (χ1) is 9.48. The molecule has 20 heavy (non-hydrogen) atoms. The van der Waals surface area contributed by atoms with Crippen molar-refractivity contribution in [1.82, 2.24) is 0 Å². The fourth-order valence-electron chi connectivity index (χ4n) is 2.70. The summed E-state index contributed by atoms with van der Waals surface area (Å²) in [7, 11) is 0. The Hall–Kier alpha value is -0.900. The van der Waals surface area contributed by atoms with Crippen LogP contribution in [0.2, 0.25) is 0 Å². The molecule has 4 heteroatoms. The number of carbonyl (C=O) groups is 2. The number of hydrogen-bond acceptors (Lipinski definition) is 4. The van der Waals surface area contributed by atoms with Crippen LogP contribution in [0.4, 0.5) is 0 Å². The van der Waals surface area contributed by atoms with Gasteiger partial charge in [-0.2, -0.15) is 0 Å². The lowest BCUT2D eigenvalue weighted by molar-refractivity contribution is -0.168. The molecule has 1 aliphatic heterocycles. The molecule has 0 aromatic rings. The number of rotatable bonds is 7. The van der Waals surface area contributed by atoms with Crippen LogP contribution in [0.3, 0.4) is 0 Å². The van der Waals surface area contributed by atoms with Crippen LogP contribution in [0.1, 0.15) is 72.1 Å². The van der Waals surface area contributed by atoms with Gasteiger partial charge in [-0.05, 0) is 19.8 Å². The minimum Gasteiger partial charge on any atom is -0.459 e. The molecule has 116 valence electrons. The standard InChI is InChI=1S/C16H28O4/c1-4-5-6-7-8-11-16(3)15(20-13(2)17)10-9-14(18)12-19-16/h15H,4-12H2,1-3H3. The predicted octanol–water partition coefficient (Wildman–Crippen LogP) is 3.42. The third kappa shape index (κ3) is 5.61. The molecule has 2 atom stereocenters. The molecule has 0 aromatic carbocycles. The van der Waals surface area contributed by atoms with Gasteiger partial charge in [-0.1, -0.05) is 39.0 Å². The summed E-state index contributed by atoms with van der Waals surface area (Å²) in [6, 6.07) is 0. The van der Waals surface area contributed by atoms with Crippen molar-refractivity contribution in [3.8, 4) is 0 Å². The molecule has 1 heterocycles. The average molecular weight is 284 g/mol. The molecule has 2 unspecified atom stereocenters. The van der Waals surface area contributed by atoms with Gasteiger partial charge in [0.2, 0.25) is 0 Å². The van der Waals surface area contributed by atoms with Crippen LogP contribution >= 0.6 is 0 Å². The van der Waals surface area contributed by atoms with Gasteiger partial charge in [0.05, 0.1) is 0 Å². The lowest BCUT2D eigenvalue weighted by atomic mass is 9.89. The summed E-state index contributed by atoms with van der Waals surface area (Å²) < 4.78 is 11.2. The van der Waals surface area contributed by atoms with E-state index in [1.807, 2.05) is 6.92 Å². The monoisotopic (exact) mass is 284 g/mol. The van der Waals surface area contributed by atoms with Crippen molar-refractivity contribution in [2.24, 2.45) is 0 Å². The Kier molecular flexibility index (Phi) is 7.20. The first kappa shape index (κ1) is 17.2. The highest BCUT2D eigenvalue weighted by Gasteiger charge is 2.40. The Balaban J connectivity index is 2.57. The summed E-state index contributed by atoms with van der Waals surface area (Å²) in [4.78, 5) is 22.8. The molecular formula is C16H28O4. The van der Waals surface area contributed by atoms with Crippen molar-refractivity contribution in [3.63, 3.8) is 0 Å². The first-order valence-corrected chi connectivity index (χ1v) is 7.81. The molecule has 0 radical (unpaired) electrons. The van der Waals surface area contributed by atoms with E-state index in [-0.39, 0.29) is 24.5 Å². The van der Waals surface area contributed by atoms with Gasteiger partial charge in [0.15, 0.2) is 5.78 Å². The zero-order chi connectivity index (χ0) is 15.0. The molecule has 0 saturated carbocycles. The number of hydrogen-bond donors (Lipinski definition) is 0. The highest BCUT2D eigenvalue weighted by atomic mass is 16.6. The summed E-state index contributed by atoms with van der Waals surface area (Å²) in [5.41, 5.74) is -0.524. The normalized spacial score (nSPS) is 27.1. The summed E-state index contributed by atoms with van der Waals surface area (Å²) >= 11 is 0. The summed E-state index contributed by atoms with van der Waals surface area (Å²) in [6.45, 7) is 5.72. The van der Waals surface area contributed by atoms with Crippen molar-refractivity contribution in [1.29, 1.82) is 0 Å². The molecule has 1 fully saturated rings. The molecule has 0 spiro atoms. The van der Waals surface area contributed by atoms with Crippen LogP contribution in [-0.4, -0.2) is 30.1 Å². The van der Waals surface area contributed by atoms with Crippen LogP contribution in [0.15, 0.2) is 0 Å². The summed E-state index contributed by atoms with van der Waals surface area (Å²) in [6.07, 6.45) is 7.44. The zero-order valence-corrected chi connectivity index (χ0v) is 13.1. The smallest absolute Gasteiger partial charge is 0.303 e. The van der Waals surface area contributed by atoms with Gasteiger partial charge in [-0.3, -0.25) is 9.59 Å². The minimum atomic E-state index is -0.524. The van der Waals surface area contributed by atoms with E-state index in [0.29, 0.717) is 12.8 Å². The second-order valence-corrected chi connectivity index (χ2v) is 5.94. The van der Waals surface area contributed by atoms with Crippen LogP contribution < -0.4 is 0 Å². The largest absolute Gasteiger partial charge is 0.459 e. The number of esters is 1. The molecule has 4 nitrogen and oxygen atoms in total. The summed E-state index contributed by atoms with van der Waals surface area (Å²) in [5, 5.41) is 0. The van der Waals surface area contributed by atoms with Gasteiger partial charge in [0.25, 0.3) is 0 Å². The zero-order valence-electron chi connectivity index (χ0n) is 13.1. The second kappa shape index (κ2) is 8.40. The average Bonchev–Trinajstić information content (AvgIpc) is 2.52. The van der Waals surface area contributed by atoms with Crippen molar-refractivity contribution in [2.75, 3.05) is 6.61 Å². The van der Waals surface area contributed by atoms with Gasteiger partial charge >= 0.3 is 5.97 Å². The maximum absolute atomic E-state index is 11.6. The lowest BCUT2D eigenvalue weighted by Crippen LogP contribution is -2.43. The van der Waals surface area contributed by atoms with E-state index in [4.69, 9.17) is 9.47 Å². The van der Waals surface area contributed by atoms with Crippen molar-refractivity contribution in [3.05, 3.63) is 0 Å². The van der Waals surface area contributed by atoms with E-state index < -0.39 is 5.60 Å². The molecule has 0 N–H and O–H groups in total. The van der Waals surface area contributed by atoms with E-state index >= 15 is 0 Å². The fourth-order valence-corrected chi connectivity index (χ4v) is 2.70. The quantitative estimate of drug-likeness (QED) is 0.531. The van der Waals surface area contributed by atoms with E-state index in [0.717, 1.165) is 19.3 Å². The van der Waals surface area contributed by atoms with Gasteiger partial charge < -0.3 is 9.47 Å². The highest BCUT2D eigenvalue weighted by molar-refractivity contribution is 5.80. The topological polar surface area (TPSA) is 52.6 Å². The van der Waals surface area contributed by atoms with Crippen LogP contribution in [-0.2, 0) is 19.1 Å². The molecule has 1 aliphatic rings. The molecule has 1 rings (SSSR count). The number of Topliss-reactive ketones (excluding diaryl/α,β-unsaturated/α-hetero) is 1. The van der Waals surface area contributed by atoms with Crippen molar-refractivity contribution >= 4 is 11.8 Å². The summed E-state index contributed by atoms with van der Waals surface area (Å²) in [5.74, 6) is -0.206. The van der Waals surface area contributed by atoms with Gasteiger partial charge in [0.1, 0.15) is 18.3 Å². The lowest BCUT2D eigenvalue weighted by Gasteiger charge is -2.35. The number of ether oxygens (including phenoxy) is 2. The molecule has 0 aliphatic carbocycles. The van der Waals surface area contributed by atoms with Gasteiger partial charge in [-0.15, -0.1) is 0 Å². The Morgan fingerprint density at radius 1 is 1.35 bits per heavy atom. The van der Waals surface area contributed by atoms with Gasteiger partial charge in [-0.25, -0.2) is 0 Å². The fraction of sp³-hybridized carbons (Fsp3) is 0.875. The molecule has 0 bridgehead atoms. The van der Waals surface area contributed by atoms with E-state index in [2.05, 4.69) is 6.92 Å². The van der Waals surface area contributed by atoms with Crippen LogP contribution in [0, 0.1) is 0 Å². The number of ketones is 1. The van der Waals surface area contributed by atoms with Crippen molar-refractivity contribution in [2.45, 2.75) is 83.8 Å². The number of unbranched alkanes of at least 4 members (excludes halogenated alkanes) is 4. The van der Waals surface area contributed by atoms with E-state index in [1.54, 1.807) is 0 Å².